The smallest absolute Gasteiger partial charge is 0.251 e. The van der Waals surface area contributed by atoms with Crippen molar-refractivity contribution in [3.8, 4) is 0 Å². The van der Waals surface area contributed by atoms with Gasteiger partial charge in [-0.05, 0) is 43.0 Å². The van der Waals surface area contributed by atoms with E-state index < -0.39 is 10.0 Å². The minimum absolute atomic E-state index is 0.182. The molecule has 1 aromatic heterocycles. The second-order valence-electron chi connectivity index (χ2n) is 7.32. The molecule has 8 nitrogen and oxygen atoms in total. The maximum absolute atomic E-state index is 12.5. The molecule has 1 aliphatic heterocycles. The van der Waals surface area contributed by atoms with Gasteiger partial charge in [0.2, 0.25) is 10.0 Å². The monoisotopic (exact) mass is 431 g/mol. The molecule has 1 fully saturated rings. The van der Waals surface area contributed by atoms with Crippen LogP contribution in [0.3, 0.4) is 0 Å². The van der Waals surface area contributed by atoms with Gasteiger partial charge in [0.25, 0.3) is 5.91 Å². The van der Waals surface area contributed by atoms with Crippen LogP contribution in [0.2, 0.25) is 0 Å². The second kappa shape index (κ2) is 9.99. The highest BCUT2D eigenvalue weighted by Gasteiger charge is 2.23. The van der Waals surface area contributed by atoms with E-state index in [0.717, 1.165) is 31.7 Å². The van der Waals surface area contributed by atoms with Crippen molar-refractivity contribution in [1.29, 1.82) is 0 Å². The van der Waals surface area contributed by atoms with Gasteiger partial charge in [-0.1, -0.05) is 13.8 Å². The highest BCUT2D eigenvalue weighted by molar-refractivity contribution is 7.89. The minimum atomic E-state index is -3.51. The van der Waals surface area contributed by atoms with E-state index in [1.807, 2.05) is 0 Å². The molecule has 0 atom stereocenters. The van der Waals surface area contributed by atoms with Gasteiger partial charge in [0.15, 0.2) is 0 Å². The van der Waals surface area contributed by atoms with Gasteiger partial charge in [-0.3, -0.25) is 9.78 Å². The molecule has 3 rings (SSSR count). The van der Waals surface area contributed by atoms with Gasteiger partial charge in [0.05, 0.1) is 11.1 Å². The van der Waals surface area contributed by atoms with Gasteiger partial charge in [0, 0.05) is 50.7 Å². The molecule has 30 heavy (non-hydrogen) atoms. The Morgan fingerprint density at radius 2 is 1.80 bits per heavy atom. The molecular formula is C21H29N5O3S. The van der Waals surface area contributed by atoms with Crippen LogP contribution < -0.4 is 10.2 Å². The van der Waals surface area contributed by atoms with E-state index in [9.17, 15) is 13.2 Å². The molecule has 0 aliphatic carbocycles. The van der Waals surface area contributed by atoms with Gasteiger partial charge in [-0.2, -0.15) is 4.31 Å². The van der Waals surface area contributed by atoms with E-state index in [0.29, 0.717) is 31.1 Å². The number of anilines is 1. The van der Waals surface area contributed by atoms with Crippen LogP contribution in [0.5, 0.6) is 0 Å². The lowest BCUT2D eigenvalue weighted by atomic mass is 9.96. The molecule has 1 saturated heterocycles. The average Bonchev–Trinajstić information content (AvgIpc) is 2.79. The maximum Gasteiger partial charge on any atom is 0.251 e. The third-order valence-electron chi connectivity index (χ3n) is 5.50. The fraction of sp³-hybridized carbons (Fsp3) is 0.476. The van der Waals surface area contributed by atoms with Crippen LogP contribution in [0.15, 0.2) is 47.8 Å². The number of hydrogen-bond donors (Lipinski definition) is 1. The lowest BCUT2D eigenvalue weighted by Crippen LogP contribution is -2.39. The summed E-state index contributed by atoms with van der Waals surface area (Å²) in [6.45, 7) is 6.82. The summed E-state index contributed by atoms with van der Waals surface area (Å²) < 4.78 is 26.5. The zero-order chi connectivity index (χ0) is 21.6. The van der Waals surface area contributed by atoms with Crippen molar-refractivity contribution >= 4 is 21.7 Å². The van der Waals surface area contributed by atoms with E-state index in [1.54, 1.807) is 44.6 Å². The molecule has 2 heterocycles. The van der Waals surface area contributed by atoms with E-state index in [2.05, 4.69) is 20.2 Å². The molecule has 2 aromatic rings. The van der Waals surface area contributed by atoms with Gasteiger partial charge < -0.3 is 10.2 Å². The summed E-state index contributed by atoms with van der Waals surface area (Å²) in [4.78, 5) is 23.3. The summed E-state index contributed by atoms with van der Waals surface area (Å²) in [5, 5.41) is 2.98. The Bertz CT molecular complexity index is 923. The quantitative estimate of drug-likeness (QED) is 0.688. The first kappa shape index (κ1) is 22.2. The summed E-state index contributed by atoms with van der Waals surface area (Å²) in [6.07, 6.45) is 7.07. The SMILES string of the molecule is CCN(CC)S(=O)(=O)c1ccc(C(=O)NCC2CCN(c3cnccn3)CC2)cc1. The predicted octanol–water partition coefficient (Wildman–Crippen LogP) is 2.15. The molecule has 162 valence electrons. The van der Waals surface area contributed by atoms with Crippen molar-refractivity contribution in [2.45, 2.75) is 31.6 Å². The fourth-order valence-electron chi connectivity index (χ4n) is 3.65. The van der Waals surface area contributed by atoms with Crippen LogP contribution in [-0.4, -0.2) is 61.3 Å². The zero-order valence-corrected chi connectivity index (χ0v) is 18.3. The third-order valence-corrected chi connectivity index (χ3v) is 7.56. The van der Waals surface area contributed by atoms with Crippen LogP contribution >= 0.6 is 0 Å². The molecule has 1 aliphatic rings. The number of aromatic nitrogens is 2. The Morgan fingerprint density at radius 1 is 1.13 bits per heavy atom. The van der Waals surface area contributed by atoms with Crippen molar-refractivity contribution < 1.29 is 13.2 Å². The molecule has 0 saturated carbocycles. The van der Waals surface area contributed by atoms with Crippen molar-refractivity contribution in [1.82, 2.24) is 19.6 Å². The zero-order valence-electron chi connectivity index (χ0n) is 17.5. The van der Waals surface area contributed by atoms with E-state index in [1.165, 1.54) is 16.4 Å². The van der Waals surface area contributed by atoms with Gasteiger partial charge in [0.1, 0.15) is 5.82 Å². The Morgan fingerprint density at radius 3 is 2.37 bits per heavy atom. The summed E-state index contributed by atoms with van der Waals surface area (Å²) in [5.41, 5.74) is 0.463. The number of benzene rings is 1. The van der Waals surface area contributed by atoms with Crippen LogP contribution in [0.1, 0.15) is 37.0 Å². The number of sulfonamides is 1. The first-order valence-corrected chi connectivity index (χ1v) is 11.8. The molecule has 0 spiro atoms. The molecular weight excluding hydrogens is 402 g/mol. The largest absolute Gasteiger partial charge is 0.355 e. The summed E-state index contributed by atoms with van der Waals surface area (Å²) >= 11 is 0. The Kier molecular flexibility index (Phi) is 7.38. The average molecular weight is 432 g/mol. The Hall–Kier alpha value is -2.52. The summed E-state index contributed by atoms with van der Waals surface area (Å²) in [7, 11) is -3.51. The number of amides is 1. The van der Waals surface area contributed by atoms with Crippen molar-refractivity contribution in [2.24, 2.45) is 5.92 Å². The maximum atomic E-state index is 12.5. The number of hydrogen-bond acceptors (Lipinski definition) is 6. The number of nitrogens with one attached hydrogen (secondary N) is 1. The number of piperidine rings is 1. The van der Waals surface area contributed by atoms with E-state index >= 15 is 0 Å². The number of nitrogens with zero attached hydrogens (tertiary/aromatic N) is 4. The molecule has 1 amide bonds. The Labute approximate surface area is 178 Å². The minimum Gasteiger partial charge on any atom is -0.355 e. The molecule has 1 N–H and O–H groups in total. The fourth-order valence-corrected chi connectivity index (χ4v) is 5.11. The van der Waals surface area contributed by atoms with Gasteiger partial charge in [-0.15, -0.1) is 0 Å². The lowest BCUT2D eigenvalue weighted by Gasteiger charge is -2.32. The summed E-state index contributed by atoms with van der Waals surface area (Å²) in [5.74, 6) is 1.11. The van der Waals surface area contributed by atoms with Crippen LogP contribution in [0.25, 0.3) is 0 Å². The highest BCUT2D eigenvalue weighted by atomic mass is 32.2. The van der Waals surface area contributed by atoms with Crippen molar-refractivity contribution in [2.75, 3.05) is 37.6 Å². The van der Waals surface area contributed by atoms with Crippen LogP contribution in [-0.2, 0) is 10.0 Å². The van der Waals surface area contributed by atoms with Crippen LogP contribution in [0.4, 0.5) is 5.82 Å². The molecule has 1 aromatic carbocycles. The first-order valence-electron chi connectivity index (χ1n) is 10.3. The van der Waals surface area contributed by atoms with E-state index in [4.69, 9.17) is 0 Å². The van der Waals surface area contributed by atoms with E-state index in [-0.39, 0.29) is 10.8 Å². The molecule has 0 unspecified atom stereocenters. The molecule has 9 heteroatoms. The standard InChI is InChI=1S/C21H29N5O3S/c1-3-26(4-2)30(28,29)19-7-5-18(6-8-19)21(27)24-15-17-9-13-25(14-10-17)20-16-22-11-12-23-20/h5-8,11-12,16-17H,3-4,9-10,13-15H2,1-2H3,(H,24,27). The lowest BCUT2D eigenvalue weighted by molar-refractivity contribution is 0.0944. The predicted molar refractivity (Wildman–Crippen MR) is 116 cm³/mol. The number of carbonyl (C=O) groups excluding carboxylic acids is 1. The molecule has 0 bridgehead atoms. The Balaban J connectivity index is 1.51. The first-order chi connectivity index (χ1) is 14.5. The molecule has 0 radical (unpaired) electrons. The highest BCUT2D eigenvalue weighted by Crippen LogP contribution is 2.21. The third kappa shape index (κ3) is 5.14. The van der Waals surface area contributed by atoms with Crippen molar-refractivity contribution in [3.05, 3.63) is 48.4 Å². The van der Waals surface area contributed by atoms with Gasteiger partial charge >= 0.3 is 0 Å². The van der Waals surface area contributed by atoms with Crippen molar-refractivity contribution in [3.63, 3.8) is 0 Å². The van der Waals surface area contributed by atoms with Gasteiger partial charge in [-0.25, -0.2) is 13.4 Å². The summed E-state index contributed by atoms with van der Waals surface area (Å²) in [6, 6.07) is 6.15. The number of carbonyl (C=O) groups is 1. The van der Waals surface area contributed by atoms with Crippen LogP contribution in [0, 0.1) is 5.92 Å². The topological polar surface area (TPSA) is 95.5 Å². The normalized spacial score (nSPS) is 15.4. The second-order valence-corrected chi connectivity index (χ2v) is 9.26. The number of rotatable bonds is 8.